The van der Waals surface area contributed by atoms with E-state index in [1.807, 2.05) is 0 Å². The van der Waals surface area contributed by atoms with E-state index in [-0.39, 0.29) is 30.5 Å². The van der Waals surface area contributed by atoms with Crippen molar-refractivity contribution < 1.29 is 32.6 Å². The Bertz CT molecular complexity index is 1130. The number of alkyl halides is 2. The fourth-order valence-electron chi connectivity index (χ4n) is 3.46. The normalized spacial score (nSPS) is 14.3. The summed E-state index contributed by atoms with van der Waals surface area (Å²) < 4.78 is 34.9. The Morgan fingerprint density at radius 3 is 2.76 bits per heavy atom. The van der Waals surface area contributed by atoms with Gasteiger partial charge < -0.3 is 14.3 Å². The van der Waals surface area contributed by atoms with Gasteiger partial charge in [-0.25, -0.2) is 4.98 Å². The fraction of sp³-hybridized carbons (Fsp3) is 0.318. The Labute approximate surface area is 196 Å². The number of nitrogens with zero attached hydrogens (tertiary/aromatic N) is 2. The van der Waals surface area contributed by atoms with Crippen molar-refractivity contribution in [1.29, 1.82) is 0 Å². The molecule has 174 valence electrons. The van der Waals surface area contributed by atoms with E-state index in [1.54, 1.807) is 17.5 Å². The maximum absolute atomic E-state index is 13.4. The Kier molecular flexibility index (Phi) is 6.94. The quantitative estimate of drug-likeness (QED) is 0.399. The highest BCUT2D eigenvalue weighted by Gasteiger charge is 2.39. The summed E-state index contributed by atoms with van der Waals surface area (Å²) in [6, 6.07) is 7.43. The molecule has 33 heavy (non-hydrogen) atoms. The van der Waals surface area contributed by atoms with Crippen LogP contribution >= 0.6 is 22.9 Å². The van der Waals surface area contributed by atoms with Crippen molar-refractivity contribution >= 4 is 39.9 Å². The van der Waals surface area contributed by atoms with Gasteiger partial charge >= 0.3 is 12.6 Å². The van der Waals surface area contributed by atoms with Gasteiger partial charge in [0.25, 0.3) is 0 Å². The highest BCUT2D eigenvalue weighted by molar-refractivity contribution is 7.14. The van der Waals surface area contributed by atoms with Gasteiger partial charge in [0.1, 0.15) is 11.5 Å². The van der Waals surface area contributed by atoms with Crippen molar-refractivity contribution in [2.75, 3.05) is 4.90 Å². The summed E-state index contributed by atoms with van der Waals surface area (Å²) in [6.45, 7) is -2.98. The molecule has 7 nitrogen and oxygen atoms in total. The smallest absolute Gasteiger partial charge is 0.387 e. The Morgan fingerprint density at radius 1 is 1.33 bits per heavy atom. The molecule has 1 amide bonds. The lowest BCUT2D eigenvalue weighted by Crippen LogP contribution is -2.39. The van der Waals surface area contributed by atoms with Gasteiger partial charge in [0.15, 0.2) is 5.13 Å². The van der Waals surface area contributed by atoms with Gasteiger partial charge in [-0.2, -0.15) is 8.78 Å². The van der Waals surface area contributed by atoms with Gasteiger partial charge in [-0.05, 0) is 43.2 Å². The molecular formula is C22H19ClF2N2O5S. The number of carbonyl (C=O) groups excluding carboxylic acids is 1. The molecule has 3 aromatic rings. The predicted molar refractivity (Wildman–Crippen MR) is 118 cm³/mol. The molecule has 11 heteroatoms. The van der Waals surface area contributed by atoms with E-state index in [0.717, 1.165) is 12.8 Å². The molecule has 1 saturated carbocycles. The van der Waals surface area contributed by atoms with Crippen molar-refractivity contribution in [3.63, 3.8) is 0 Å². The van der Waals surface area contributed by atoms with Crippen LogP contribution in [0.4, 0.5) is 13.9 Å². The molecule has 0 aliphatic heterocycles. The Morgan fingerprint density at radius 2 is 2.12 bits per heavy atom. The number of aromatic nitrogens is 1. The van der Waals surface area contributed by atoms with Gasteiger partial charge in [-0.15, -0.1) is 11.3 Å². The lowest BCUT2D eigenvalue weighted by molar-refractivity contribution is -0.140. The average molecular weight is 497 g/mol. The molecule has 1 aromatic carbocycles. The largest absolute Gasteiger partial charge is 0.481 e. The standard InChI is InChI=1S/C22H19ClF2N2O5S/c23-17-6-5-15(32-21(24)25)10-16(17)18-11-33-22(26-18)27(13-3-4-13)20(30)12(9-19(28)29)8-14-2-1-7-31-14/h1-2,5-7,10-13,21H,3-4,8-9H2,(H,28,29). The first-order valence-electron chi connectivity index (χ1n) is 10.1. The third-order valence-corrected chi connectivity index (χ3v) is 6.25. The summed E-state index contributed by atoms with van der Waals surface area (Å²) in [5.41, 5.74) is 0.789. The van der Waals surface area contributed by atoms with E-state index in [4.69, 9.17) is 16.0 Å². The highest BCUT2D eigenvalue weighted by atomic mass is 35.5. The number of hydrogen-bond donors (Lipinski definition) is 1. The molecule has 1 aliphatic rings. The molecule has 1 fully saturated rings. The predicted octanol–water partition coefficient (Wildman–Crippen LogP) is 5.49. The fourth-order valence-corrected chi connectivity index (χ4v) is 4.58. The number of thiazole rings is 1. The SMILES string of the molecule is O=C(O)CC(Cc1ccco1)C(=O)N(c1nc(-c2cc(OC(F)F)ccc2Cl)cs1)C1CC1. The van der Waals surface area contributed by atoms with E-state index >= 15 is 0 Å². The first-order chi connectivity index (χ1) is 15.8. The van der Waals surface area contributed by atoms with Crippen LogP contribution in [0.25, 0.3) is 11.3 Å². The molecule has 0 radical (unpaired) electrons. The summed E-state index contributed by atoms with van der Waals surface area (Å²) in [7, 11) is 0. The second kappa shape index (κ2) is 9.88. The molecule has 1 aliphatic carbocycles. The first-order valence-corrected chi connectivity index (χ1v) is 11.3. The van der Waals surface area contributed by atoms with Crippen molar-refractivity contribution in [2.45, 2.75) is 38.3 Å². The van der Waals surface area contributed by atoms with Crippen LogP contribution in [0, 0.1) is 5.92 Å². The van der Waals surface area contributed by atoms with Gasteiger partial charge in [-0.1, -0.05) is 11.6 Å². The number of ether oxygens (including phenoxy) is 1. The molecular weight excluding hydrogens is 478 g/mol. The van der Waals surface area contributed by atoms with Crippen LogP contribution in [0.15, 0.2) is 46.4 Å². The van der Waals surface area contributed by atoms with E-state index < -0.39 is 18.5 Å². The van der Waals surface area contributed by atoms with Gasteiger partial charge in [0.05, 0.1) is 29.3 Å². The number of furan rings is 1. The van der Waals surface area contributed by atoms with E-state index in [1.165, 1.54) is 40.7 Å². The monoisotopic (exact) mass is 496 g/mol. The third-order valence-electron chi connectivity index (χ3n) is 5.08. The highest BCUT2D eigenvalue weighted by Crippen LogP contribution is 2.39. The van der Waals surface area contributed by atoms with Crippen LogP contribution in [-0.2, 0) is 16.0 Å². The van der Waals surface area contributed by atoms with Crippen LogP contribution in [0.1, 0.15) is 25.0 Å². The second-order valence-corrected chi connectivity index (χ2v) is 8.80. The zero-order valence-electron chi connectivity index (χ0n) is 17.1. The molecule has 1 atom stereocenters. The summed E-state index contributed by atoms with van der Waals surface area (Å²) in [5.74, 6) is -1.80. The summed E-state index contributed by atoms with van der Waals surface area (Å²) in [6.07, 6.45) is 2.83. The topological polar surface area (TPSA) is 92.9 Å². The van der Waals surface area contributed by atoms with E-state index in [9.17, 15) is 23.5 Å². The van der Waals surface area contributed by atoms with Gasteiger partial charge in [0.2, 0.25) is 5.91 Å². The minimum atomic E-state index is -2.98. The maximum Gasteiger partial charge on any atom is 0.387 e. The molecule has 1 unspecified atom stereocenters. The number of carbonyl (C=O) groups is 2. The number of halogens is 3. The number of carboxylic acids is 1. The third kappa shape index (κ3) is 5.69. The molecule has 4 rings (SSSR count). The van der Waals surface area contributed by atoms with Gasteiger partial charge in [-0.3, -0.25) is 14.5 Å². The molecule has 2 heterocycles. The van der Waals surface area contributed by atoms with Crippen molar-refractivity contribution in [1.82, 2.24) is 4.98 Å². The molecule has 0 saturated heterocycles. The summed E-state index contributed by atoms with van der Waals surface area (Å²) in [4.78, 5) is 30.9. The van der Waals surface area contributed by atoms with Crippen LogP contribution in [0.5, 0.6) is 5.75 Å². The molecule has 0 bridgehead atoms. The number of amides is 1. The number of hydrogen-bond acceptors (Lipinski definition) is 6. The molecule has 0 spiro atoms. The van der Waals surface area contributed by atoms with Crippen molar-refractivity contribution in [2.24, 2.45) is 5.92 Å². The second-order valence-electron chi connectivity index (χ2n) is 7.55. The zero-order chi connectivity index (χ0) is 23.5. The minimum absolute atomic E-state index is 0.0611. The minimum Gasteiger partial charge on any atom is -0.481 e. The number of carboxylic acid groups (broad SMARTS) is 1. The number of rotatable bonds is 10. The lowest BCUT2D eigenvalue weighted by Gasteiger charge is -2.24. The number of aliphatic carboxylic acids is 1. The van der Waals surface area contributed by atoms with Crippen LogP contribution in [0.3, 0.4) is 0 Å². The number of benzene rings is 1. The Balaban J connectivity index is 1.61. The van der Waals surface area contributed by atoms with Crippen LogP contribution in [-0.4, -0.2) is 34.6 Å². The molecule has 1 N–H and O–H groups in total. The Hall–Kier alpha value is -2.98. The zero-order valence-corrected chi connectivity index (χ0v) is 18.7. The summed E-state index contributed by atoms with van der Waals surface area (Å²) in [5, 5.41) is 11.7. The average Bonchev–Trinajstić information content (AvgIpc) is 3.23. The molecule has 2 aromatic heterocycles. The van der Waals surface area contributed by atoms with E-state index in [2.05, 4.69) is 9.72 Å². The van der Waals surface area contributed by atoms with Crippen LogP contribution in [0.2, 0.25) is 5.02 Å². The maximum atomic E-state index is 13.4. The van der Waals surface area contributed by atoms with Crippen molar-refractivity contribution in [3.05, 3.63) is 52.8 Å². The van der Waals surface area contributed by atoms with Gasteiger partial charge in [0, 0.05) is 23.4 Å². The first kappa shape index (κ1) is 23.2. The van der Waals surface area contributed by atoms with E-state index in [0.29, 0.717) is 27.2 Å². The summed E-state index contributed by atoms with van der Waals surface area (Å²) >= 11 is 7.44. The lowest BCUT2D eigenvalue weighted by atomic mass is 9.98. The number of anilines is 1. The van der Waals surface area contributed by atoms with Crippen LogP contribution < -0.4 is 9.64 Å². The van der Waals surface area contributed by atoms with Crippen molar-refractivity contribution in [3.8, 4) is 17.0 Å².